The van der Waals surface area contributed by atoms with Crippen LogP contribution in [0.4, 0.5) is 0 Å². The minimum atomic E-state index is 0.110. The van der Waals surface area contributed by atoms with Crippen molar-refractivity contribution in [2.45, 2.75) is 26.2 Å². The highest BCUT2D eigenvalue weighted by Crippen LogP contribution is 2.05. The van der Waals surface area contributed by atoms with E-state index in [-0.39, 0.29) is 5.91 Å². The van der Waals surface area contributed by atoms with Crippen LogP contribution in [-0.4, -0.2) is 26.0 Å². The Hall–Kier alpha value is -1.29. The van der Waals surface area contributed by atoms with Gasteiger partial charge in [-0.1, -0.05) is 0 Å². The van der Waals surface area contributed by atoms with Crippen molar-refractivity contribution in [1.82, 2.24) is 10.6 Å². The SMILES string of the molecule is CNCCCC(=O)NCCc1ccc(C)o1. The first-order valence-electron chi connectivity index (χ1n) is 5.69. The van der Waals surface area contributed by atoms with Crippen LogP contribution < -0.4 is 10.6 Å². The van der Waals surface area contributed by atoms with Gasteiger partial charge in [0.2, 0.25) is 5.91 Å². The van der Waals surface area contributed by atoms with Crippen molar-refractivity contribution in [3.63, 3.8) is 0 Å². The molecule has 1 aromatic rings. The third-order valence-corrected chi connectivity index (χ3v) is 2.32. The molecule has 0 aliphatic carbocycles. The average Bonchev–Trinajstić information content (AvgIpc) is 2.65. The van der Waals surface area contributed by atoms with Gasteiger partial charge in [0, 0.05) is 19.4 Å². The maximum atomic E-state index is 11.3. The standard InChI is InChI=1S/C12H20N2O2/c1-10-5-6-11(16-10)7-9-14-12(15)4-3-8-13-2/h5-6,13H,3-4,7-9H2,1-2H3,(H,14,15). The van der Waals surface area contributed by atoms with Gasteiger partial charge >= 0.3 is 0 Å². The lowest BCUT2D eigenvalue weighted by molar-refractivity contribution is -0.121. The molecule has 1 amide bonds. The third kappa shape index (κ3) is 4.98. The predicted octanol–water partition coefficient (Wildman–Crippen LogP) is 1.25. The lowest BCUT2D eigenvalue weighted by Gasteiger charge is -2.03. The van der Waals surface area contributed by atoms with E-state index >= 15 is 0 Å². The Labute approximate surface area is 96.4 Å². The molecule has 0 aromatic carbocycles. The molecule has 0 saturated carbocycles. The van der Waals surface area contributed by atoms with E-state index < -0.39 is 0 Å². The van der Waals surface area contributed by atoms with Crippen molar-refractivity contribution in [2.24, 2.45) is 0 Å². The Morgan fingerprint density at radius 1 is 1.38 bits per heavy atom. The minimum Gasteiger partial charge on any atom is -0.466 e. The van der Waals surface area contributed by atoms with Crippen LogP contribution in [0.1, 0.15) is 24.4 Å². The van der Waals surface area contributed by atoms with E-state index in [0.717, 1.165) is 30.9 Å². The smallest absolute Gasteiger partial charge is 0.220 e. The maximum absolute atomic E-state index is 11.3. The summed E-state index contributed by atoms with van der Waals surface area (Å²) in [5.41, 5.74) is 0. The second-order valence-corrected chi connectivity index (χ2v) is 3.82. The lowest BCUT2D eigenvalue weighted by Crippen LogP contribution is -2.26. The summed E-state index contributed by atoms with van der Waals surface area (Å²) in [4.78, 5) is 11.3. The fraction of sp³-hybridized carbons (Fsp3) is 0.583. The van der Waals surface area contributed by atoms with E-state index in [0.29, 0.717) is 13.0 Å². The van der Waals surface area contributed by atoms with Crippen LogP contribution in [0.25, 0.3) is 0 Å². The molecule has 0 spiro atoms. The second kappa shape index (κ2) is 7.06. The summed E-state index contributed by atoms with van der Waals surface area (Å²) < 4.78 is 5.40. The molecule has 0 saturated heterocycles. The lowest BCUT2D eigenvalue weighted by atomic mass is 10.3. The van der Waals surface area contributed by atoms with Gasteiger partial charge in [0.25, 0.3) is 0 Å². The van der Waals surface area contributed by atoms with Gasteiger partial charge in [-0.3, -0.25) is 4.79 Å². The van der Waals surface area contributed by atoms with E-state index in [4.69, 9.17) is 4.42 Å². The zero-order chi connectivity index (χ0) is 11.8. The van der Waals surface area contributed by atoms with Crippen LogP contribution in [0.2, 0.25) is 0 Å². The molecule has 0 atom stereocenters. The zero-order valence-electron chi connectivity index (χ0n) is 10.0. The largest absolute Gasteiger partial charge is 0.466 e. The number of hydrogen-bond acceptors (Lipinski definition) is 3. The van der Waals surface area contributed by atoms with E-state index in [2.05, 4.69) is 10.6 Å². The average molecular weight is 224 g/mol. The molecule has 4 heteroatoms. The highest BCUT2D eigenvalue weighted by Gasteiger charge is 2.02. The Morgan fingerprint density at radius 3 is 2.81 bits per heavy atom. The van der Waals surface area contributed by atoms with Crippen molar-refractivity contribution in [1.29, 1.82) is 0 Å². The number of amides is 1. The first-order chi connectivity index (χ1) is 7.72. The summed E-state index contributed by atoms with van der Waals surface area (Å²) in [6.07, 6.45) is 2.21. The van der Waals surface area contributed by atoms with Crippen molar-refractivity contribution >= 4 is 5.91 Å². The summed E-state index contributed by atoms with van der Waals surface area (Å²) in [5, 5.41) is 5.89. The number of aryl methyl sites for hydroxylation is 1. The number of furan rings is 1. The van der Waals surface area contributed by atoms with E-state index in [1.807, 2.05) is 26.1 Å². The molecule has 4 nitrogen and oxygen atoms in total. The van der Waals surface area contributed by atoms with Gasteiger partial charge < -0.3 is 15.1 Å². The minimum absolute atomic E-state index is 0.110. The number of hydrogen-bond donors (Lipinski definition) is 2. The summed E-state index contributed by atoms with van der Waals surface area (Å²) in [7, 11) is 1.89. The zero-order valence-corrected chi connectivity index (χ0v) is 10.0. The quantitative estimate of drug-likeness (QED) is 0.685. The molecule has 1 aromatic heterocycles. The summed E-state index contributed by atoms with van der Waals surface area (Å²) in [5.74, 6) is 1.95. The summed E-state index contributed by atoms with van der Waals surface area (Å²) in [6, 6.07) is 3.88. The van der Waals surface area contributed by atoms with Crippen LogP contribution in [-0.2, 0) is 11.2 Å². The van der Waals surface area contributed by atoms with Gasteiger partial charge in [-0.15, -0.1) is 0 Å². The molecule has 16 heavy (non-hydrogen) atoms. The van der Waals surface area contributed by atoms with Gasteiger partial charge in [0.1, 0.15) is 11.5 Å². The van der Waals surface area contributed by atoms with E-state index in [1.165, 1.54) is 0 Å². The number of carbonyl (C=O) groups excluding carboxylic acids is 1. The molecular formula is C12H20N2O2. The number of carbonyl (C=O) groups is 1. The first-order valence-corrected chi connectivity index (χ1v) is 5.69. The maximum Gasteiger partial charge on any atom is 0.220 e. The molecule has 0 unspecified atom stereocenters. The van der Waals surface area contributed by atoms with Crippen molar-refractivity contribution in [3.8, 4) is 0 Å². The van der Waals surface area contributed by atoms with E-state index in [9.17, 15) is 4.79 Å². The highest BCUT2D eigenvalue weighted by molar-refractivity contribution is 5.75. The predicted molar refractivity (Wildman–Crippen MR) is 63.3 cm³/mol. The van der Waals surface area contributed by atoms with Gasteiger partial charge in [0.05, 0.1) is 0 Å². The molecule has 90 valence electrons. The van der Waals surface area contributed by atoms with Gasteiger partial charge in [-0.05, 0) is 39.1 Å². The van der Waals surface area contributed by atoms with Gasteiger partial charge in [0.15, 0.2) is 0 Å². The van der Waals surface area contributed by atoms with Crippen LogP contribution in [0, 0.1) is 6.92 Å². The Kier molecular flexibility index (Phi) is 5.64. The van der Waals surface area contributed by atoms with E-state index in [1.54, 1.807) is 0 Å². The molecule has 0 aliphatic rings. The molecule has 2 N–H and O–H groups in total. The number of rotatable bonds is 7. The summed E-state index contributed by atoms with van der Waals surface area (Å²) >= 11 is 0. The Bertz CT molecular complexity index is 321. The highest BCUT2D eigenvalue weighted by atomic mass is 16.3. The van der Waals surface area contributed by atoms with Crippen LogP contribution >= 0.6 is 0 Å². The normalized spacial score (nSPS) is 10.4. The fourth-order valence-corrected chi connectivity index (χ4v) is 1.46. The molecule has 0 aliphatic heterocycles. The third-order valence-electron chi connectivity index (χ3n) is 2.32. The number of nitrogens with one attached hydrogen (secondary N) is 2. The molecular weight excluding hydrogens is 204 g/mol. The first kappa shape index (κ1) is 12.8. The summed E-state index contributed by atoms with van der Waals surface area (Å²) in [6.45, 7) is 3.44. The molecule has 0 fully saturated rings. The second-order valence-electron chi connectivity index (χ2n) is 3.82. The van der Waals surface area contributed by atoms with Crippen molar-refractivity contribution in [3.05, 3.63) is 23.7 Å². The monoisotopic (exact) mass is 224 g/mol. The van der Waals surface area contributed by atoms with Gasteiger partial charge in [-0.25, -0.2) is 0 Å². The molecule has 1 rings (SSSR count). The van der Waals surface area contributed by atoms with Gasteiger partial charge in [-0.2, -0.15) is 0 Å². The molecule has 0 radical (unpaired) electrons. The Balaban J connectivity index is 2.08. The topological polar surface area (TPSA) is 54.3 Å². The molecule has 0 bridgehead atoms. The van der Waals surface area contributed by atoms with Crippen LogP contribution in [0.5, 0.6) is 0 Å². The van der Waals surface area contributed by atoms with Crippen molar-refractivity contribution in [2.75, 3.05) is 20.1 Å². The van der Waals surface area contributed by atoms with Crippen molar-refractivity contribution < 1.29 is 9.21 Å². The molecule has 1 heterocycles. The Morgan fingerprint density at radius 2 is 2.19 bits per heavy atom. The van der Waals surface area contributed by atoms with Crippen LogP contribution in [0.3, 0.4) is 0 Å². The van der Waals surface area contributed by atoms with Crippen LogP contribution in [0.15, 0.2) is 16.5 Å². The fourth-order valence-electron chi connectivity index (χ4n) is 1.46.